The van der Waals surface area contributed by atoms with Gasteiger partial charge in [-0.15, -0.1) is 11.3 Å². The number of nitrogens with one attached hydrogen (secondary N) is 1. The second kappa shape index (κ2) is 5.98. The fourth-order valence-electron chi connectivity index (χ4n) is 1.99. The molecule has 0 fully saturated rings. The van der Waals surface area contributed by atoms with E-state index in [0.717, 1.165) is 11.4 Å². The number of nitrogens with zero attached hydrogens (tertiary/aromatic N) is 1. The van der Waals surface area contributed by atoms with Gasteiger partial charge in [-0.25, -0.2) is 4.98 Å². The van der Waals surface area contributed by atoms with Gasteiger partial charge >= 0.3 is 0 Å². The Morgan fingerprint density at radius 1 is 1.28 bits per heavy atom. The van der Waals surface area contributed by atoms with Gasteiger partial charge in [0, 0.05) is 17.6 Å². The monoisotopic (exact) mass is 262 g/mol. The zero-order valence-corrected chi connectivity index (χ0v) is 11.4. The Morgan fingerprint density at radius 2 is 2.00 bits per heavy atom. The molecular formula is C14H18N2OS. The Morgan fingerprint density at radius 3 is 2.61 bits per heavy atom. The Kier molecular flexibility index (Phi) is 4.33. The van der Waals surface area contributed by atoms with Crippen LogP contribution >= 0.6 is 11.3 Å². The third-order valence-corrected chi connectivity index (χ3v) is 3.79. The van der Waals surface area contributed by atoms with Gasteiger partial charge < -0.3 is 10.4 Å². The quantitative estimate of drug-likeness (QED) is 0.870. The standard InChI is InChI=1S/C14H18N2OS/c1-10(9-12-3-5-13(17)6-4-12)16-11(2)14-15-7-8-18-14/h3-8,10-11,16-17H,9H2,1-2H3. The first-order chi connectivity index (χ1) is 8.65. The van der Waals surface area contributed by atoms with Crippen LogP contribution in [-0.2, 0) is 6.42 Å². The number of aromatic nitrogens is 1. The Balaban J connectivity index is 1.88. The molecule has 2 unspecified atom stereocenters. The summed E-state index contributed by atoms with van der Waals surface area (Å²) in [6, 6.07) is 8.02. The number of hydrogen-bond acceptors (Lipinski definition) is 4. The molecular weight excluding hydrogens is 244 g/mol. The van der Waals surface area contributed by atoms with Crippen molar-refractivity contribution in [3.05, 3.63) is 46.4 Å². The highest BCUT2D eigenvalue weighted by Gasteiger charge is 2.11. The van der Waals surface area contributed by atoms with Crippen molar-refractivity contribution in [2.45, 2.75) is 32.4 Å². The van der Waals surface area contributed by atoms with Crippen LogP contribution in [0.4, 0.5) is 0 Å². The number of thiazole rings is 1. The summed E-state index contributed by atoms with van der Waals surface area (Å²) in [6.45, 7) is 4.29. The molecule has 0 saturated carbocycles. The minimum atomic E-state index is 0.275. The van der Waals surface area contributed by atoms with Gasteiger partial charge in [0.2, 0.25) is 0 Å². The first-order valence-corrected chi connectivity index (χ1v) is 6.96. The van der Waals surface area contributed by atoms with E-state index in [4.69, 9.17) is 0 Å². The number of benzene rings is 1. The maximum atomic E-state index is 9.24. The summed E-state index contributed by atoms with van der Waals surface area (Å²) in [4.78, 5) is 4.31. The number of phenolic OH excluding ortho intramolecular Hbond substituents is 1. The van der Waals surface area contributed by atoms with Crippen LogP contribution in [0.1, 0.15) is 30.5 Å². The SMILES string of the molecule is CC(Cc1ccc(O)cc1)NC(C)c1nccs1. The van der Waals surface area contributed by atoms with Crippen LogP contribution < -0.4 is 5.32 Å². The lowest BCUT2D eigenvalue weighted by molar-refractivity contribution is 0.470. The fraction of sp³-hybridized carbons (Fsp3) is 0.357. The predicted molar refractivity (Wildman–Crippen MR) is 74.9 cm³/mol. The maximum Gasteiger partial charge on any atom is 0.115 e. The van der Waals surface area contributed by atoms with Crippen molar-refractivity contribution in [1.82, 2.24) is 10.3 Å². The summed E-state index contributed by atoms with van der Waals surface area (Å²) in [5, 5.41) is 15.9. The van der Waals surface area contributed by atoms with Gasteiger partial charge in [0.05, 0.1) is 6.04 Å². The van der Waals surface area contributed by atoms with E-state index in [0.29, 0.717) is 11.8 Å². The zero-order chi connectivity index (χ0) is 13.0. The molecule has 0 spiro atoms. The van der Waals surface area contributed by atoms with Crippen molar-refractivity contribution in [2.75, 3.05) is 0 Å². The van der Waals surface area contributed by atoms with Crippen LogP contribution in [0.2, 0.25) is 0 Å². The molecule has 0 radical (unpaired) electrons. The molecule has 96 valence electrons. The first kappa shape index (κ1) is 13.1. The summed E-state index contributed by atoms with van der Waals surface area (Å²) in [5.41, 5.74) is 1.22. The average Bonchev–Trinajstić information content (AvgIpc) is 2.85. The van der Waals surface area contributed by atoms with Crippen molar-refractivity contribution in [2.24, 2.45) is 0 Å². The number of phenols is 1. The summed E-state index contributed by atoms with van der Waals surface area (Å²) in [6.07, 6.45) is 2.78. The fourth-order valence-corrected chi connectivity index (χ4v) is 2.65. The highest BCUT2D eigenvalue weighted by Crippen LogP contribution is 2.17. The van der Waals surface area contributed by atoms with Gasteiger partial charge in [-0.3, -0.25) is 0 Å². The summed E-state index contributed by atoms with van der Waals surface area (Å²) >= 11 is 1.67. The van der Waals surface area contributed by atoms with Crippen molar-refractivity contribution >= 4 is 11.3 Å². The van der Waals surface area contributed by atoms with E-state index in [1.807, 2.05) is 23.7 Å². The van der Waals surface area contributed by atoms with Gasteiger partial charge in [-0.05, 0) is 38.0 Å². The molecule has 3 nitrogen and oxygen atoms in total. The van der Waals surface area contributed by atoms with Gasteiger partial charge in [0.1, 0.15) is 10.8 Å². The van der Waals surface area contributed by atoms with E-state index >= 15 is 0 Å². The van der Waals surface area contributed by atoms with Gasteiger partial charge in [0.15, 0.2) is 0 Å². The normalized spacial score (nSPS) is 14.3. The van der Waals surface area contributed by atoms with Gasteiger partial charge in [0.25, 0.3) is 0 Å². The first-order valence-electron chi connectivity index (χ1n) is 6.08. The third-order valence-electron chi connectivity index (χ3n) is 2.83. The summed E-state index contributed by atoms with van der Waals surface area (Å²) in [7, 11) is 0. The maximum absolute atomic E-state index is 9.24. The molecule has 1 aromatic carbocycles. The van der Waals surface area contributed by atoms with Crippen molar-refractivity contribution < 1.29 is 5.11 Å². The average molecular weight is 262 g/mol. The van der Waals surface area contributed by atoms with Crippen LogP contribution in [0.25, 0.3) is 0 Å². The van der Waals surface area contributed by atoms with Gasteiger partial charge in [-0.2, -0.15) is 0 Å². The molecule has 1 heterocycles. The minimum Gasteiger partial charge on any atom is -0.508 e. The molecule has 18 heavy (non-hydrogen) atoms. The Labute approximate surface area is 112 Å². The van der Waals surface area contributed by atoms with E-state index in [1.54, 1.807) is 23.5 Å². The van der Waals surface area contributed by atoms with E-state index in [2.05, 4.69) is 24.1 Å². The van der Waals surface area contributed by atoms with Crippen LogP contribution in [0.3, 0.4) is 0 Å². The van der Waals surface area contributed by atoms with E-state index in [1.165, 1.54) is 5.56 Å². The molecule has 0 aliphatic carbocycles. The van der Waals surface area contributed by atoms with Crippen molar-refractivity contribution in [3.8, 4) is 5.75 Å². The lowest BCUT2D eigenvalue weighted by atomic mass is 10.1. The third kappa shape index (κ3) is 3.55. The molecule has 2 atom stereocenters. The zero-order valence-electron chi connectivity index (χ0n) is 10.6. The van der Waals surface area contributed by atoms with E-state index in [9.17, 15) is 5.11 Å². The molecule has 2 N–H and O–H groups in total. The minimum absolute atomic E-state index is 0.275. The Bertz CT molecular complexity index is 467. The van der Waals surface area contributed by atoms with Crippen molar-refractivity contribution in [1.29, 1.82) is 0 Å². The molecule has 0 bridgehead atoms. The lowest BCUT2D eigenvalue weighted by Crippen LogP contribution is -2.30. The van der Waals surface area contributed by atoms with Crippen LogP contribution in [0, 0.1) is 0 Å². The smallest absolute Gasteiger partial charge is 0.115 e. The van der Waals surface area contributed by atoms with E-state index < -0.39 is 0 Å². The number of rotatable bonds is 5. The number of aromatic hydroxyl groups is 1. The second-order valence-corrected chi connectivity index (χ2v) is 5.46. The van der Waals surface area contributed by atoms with E-state index in [-0.39, 0.29) is 6.04 Å². The summed E-state index contributed by atoms with van der Waals surface area (Å²) < 4.78 is 0. The predicted octanol–water partition coefficient (Wildman–Crippen LogP) is 3.13. The largest absolute Gasteiger partial charge is 0.508 e. The molecule has 1 aromatic heterocycles. The molecule has 0 aliphatic heterocycles. The van der Waals surface area contributed by atoms with Crippen molar-refractivity contribution in [3.63, 3.8) is 0 Å². The molecule has 0 aliphatic rings. The lowest BCUT2D eigenvalue weighted by Gasteiger charge is -2.18. The Hall–Kier alpha value is -1.39. The highest BCUT2D eigenvalue weighted by molar-refractivity contribution is 7.09. The number of hydrogen-bond donors (Lipinski definition) is 2. The molecule has 0 saturated heterocycles. The molecule has 4 heteroatoms. The molecule has 0 amide bonds. The van der Waals surface area contributed by atoms with Crippen LogP contribution in [0.5, 0.6) is 5.75 Å². The highest BCUT2D eigenvalue weighted by atomic mass is 32.1. The molecule has 2 rings (SSSR count). The molecule has 2 aromatic rings. The summed E-state index contributed by atoms with van der Waals surface area (Å²) in [5.74, 6) is 0.315. The topological polar surface area (TPSA) is 45.1 Å². The van der Waals surface area contributed by atoms with Crippen LogP contribution in [-0.4, -0.2) is 16.1 Å². The second-order valence-electron chi connectivity index (χ2n) is 4.53. The van der Waals surface area contributed by atoms with Gasteiger partial charge in [-0.1, -0.05) is 12.1 Å². The van der Waals surface area contributed by atoms with Crippen LogP contribution in [0.15, 0.2) is 35.8 Å².